The third-order valence-electron chi connectivity index (χ3n) is 4.63. The number of carbonyl (C=O) groups excluding carboxylic acids is 1. The molecular weight excluding hydrogens is 312 g/mol. The van der Waals surface area contributed by atoms with Gasteiger partial charge in [0.25, 0.3) is 0 Å². The summed E-state index contributed by atoms with van der Waals surface area (Å²) >= 11 is 0. The van der Waals surface area contributed by atoms with E-state index < -0.39 is 0 Å². The average Bonchev–Trinajstić information content (AvgIpc) is 2.68. The van der Waals surface area contributed by atoms with Crippen LogP contribution in [0.15, 0.2) is 54.6 Å². The molecule has 0 aliphatic carbocycles. The number of aliphatic hydroxyl groups excluding tert-OH is 1. The molecule has 0 heterocycles. The lowest BCUT2D eigenvalue weighted by Gasteiger charge is -2.13. The second-order valence-electron chi connectivity index (χ2n) is 6.00. The molecule has 25 heavy (non-hydrogen) atoms. The highest BCUT2D eigenvalue weighted by molar-refractivity contribution is 6.23. The van der Waals surface area contributed by atoms with Gasteiger partial charge in [0, 0.05) is 13.5 Å². The van der Waals surface area contributed by atoms with E-state index in [9.17, 15) is 4.79 Å². The van der Waals surface area contributed by atoms with Gasteiger partial charge in [-0.2, -0.15) is 0 Å². The summed E-state index contributed by atoms with van der Waals surface area (Å²) in [6.07, 6.45) is 2.13. The number of amides is 1. The number of carbonyl (C=O) groups is 1. The molecule has 0 radical (unpaired) electrons. The second kappa shape index (κ2) is 7.47. The Kier molecular flexibility index (Phi) is 5.12. The van der Waals surface area contributed by atoms with Crippen molar-refractivity contribution in [2.45, 2.75) is 19.3 Å². The van der Waals surface area contributed by atoms with Crippen molar-refractivity contribution in [3.63, 3.8) is 0 Å². The Labute approximate surface area is 146 Å². The molecule has 4 heteroatoms. The molecule has 4 aromatic rings. The third kappa shape index (κ3) is 3.14. The van der Waals surface area contributed by atoms with Crippen LogP contribution in [0.3, 0.4) is 0 Å². The van der Waals surface area contributed by atoms with Crippen molar-refractivity contribution in [2.75, 3.05) is 7.11 Å². The minimum Gasteiger partial charge on any atom is -0.400 e. The lowest BCUT2D eigenvalue weighted by molar-refractivity contribution is -0.121. The molecule has 0 fully saturated rings. The molecule has 4 N–H and O–H groups in total. The molecule has 4 nitrogen and oxygen atoms in total. The van der Waals surface area contributed by atoms with Crippen molar-refractivity contribution in [2.24, 2.45) is 5.84 Å². The molecule has 4 rings (SSSR count). The maximum absolute atomic E-state index is 11.3. The van der Waals surface area contributed by atoms with Crippen molar-refractivity contribution in [3.05, 3.63) is 60.2 Å². The topological polar surface area (TPSA) is 75.3 Å². The van der Waals surface area contributed by atoms with Crippen molar-refractivity contribution in [3.8, 4) is 0 Å². The van der Waals surface area contributed by atoms with Crippen LogP contribution in [0, 0.1) is 0 Å². The number of hydrogen-bond acceptors (Lipinski definition) is 3. The first-order valence-electron chi connectivity index (χ1n) is 8.37. The van der Waals surface area contributed by atoms with E-state index in [0.29, 0.717) is 6.42 Å². The highest BCUT2D eigenvalue weighted by Gasteiger charge is 2.10. The van der Waals surface area contributed by atoms with E-state index in [2.05, 4.69) is 60.0 Å². The first-order valence-corrected chi connectivity index (χ1v) is 8.37. The number of aryl methyl sites for hydroxylation is 1. The maximum atomic E-state index is 11.3. The zero-order chi connectivity index (χ0) is 17.8. The summed E-state index contributed by atoms with van der Waals surface area (Å²) in [6, 6.07) is 19.6. The number of nitrogens with two attached hydrogens (primary N) is 1. The Morgan fingerprint density at radius 2 is 1.52 bits per heavy atom. The van der Waals surface area contributed by atoms with E-state index in [-0.39, 0.29) is 5.91 Å². The number of aliphatic hydroxyl groups is 1. The number of rotatable bonds is 4. The van der Waals surface area contributed by atoms with Crippen molar-refractivity contribution in [1.82, 2.24) is 5.43 Å². The van der Waals surface area contributed by atoms with Crippen molar-refractivity contribution < 1.29 is 9.90 Å². The van der Waals surface area contributed by atoms with Gasteiger partial charge in [-0.3, -0.25) is 10.2 Å². The fourth-order valence-corrected chi connectivity index (χ4v) is 3.53. The van der Waals surface area contributed by atoms with Crippen LogP contribution in [0.1, 0.15) is 18.4 Å². The molecule has 0 aliphatic rings. The predicted octanol–water partition coefficient (Wildman–Crippen LogP) is 3.51. The van der Waals surface area contributed by atoms with Crippen LogP contribution in [-0.2, 0) is 11.2 Å². The largest absolute Gasteiger partial charge is 0.400 e. The van der Waals surface area contributed by atoms with Crippen LogP contribution < -0.4 is 11.3 Å². The molecule has 0 atom stereocenters. The van der Waals surface area contributed by atoms with Crippen molar-refractivity contribution in [1.29, 1.82) is 0 Å². The van der Waals surface area contributed by atoms with Crippen LogP contribution in [0.2, 0.25) is 0 Å². The van der Waals surface area contributed by atoms with Crippen LogP contribution in [0.25, 0.3) is 32.3 Å². The molecule has 0 saturated carbocycles. The van der Waals surface area contributed by atoms with Gasteiger partial charge in [-0.1, -0.05) is 54.6 Å². The SMILES string of the molecule is CO.NNC(=O)CCCc1ccc2ccc3cccc4ccc1c2c34. The van der Waals surface area contributed by atoms with Gasteiger partial charge in [0.05, 0.1) is 0 Å². The van der Waals surface area contributed by atoms with Crippen LogP contribution in [0.5, 0.6) is 0 Å². The number of nitrogens with one attached hydrogen (secondary N) is 1. The first-order chi connectivity index (χ1) is 12.3. The third-order valence-corrected chi connectivity index (χ3v) is 4.63. The van der Waals surface area contributed by atoms with Gasteiger partial charge in [0.2, 0.25) is 5.91 Å². The maximum Gasteiger partial charge on any atom is 0.233 e. The summed E-state index contributed by atoms with van der Waals surface area (Å²) < 4.78 is 0. The number of hydrazine groups is 1. The monoisotopic (exact) mass is 334 g/mol. The Balaban J connectivity index is 0.000000880. The predicted molar refractivity (Wildman–Crippen MR) is 104 cm³/mol. The summed E-state index contributed by atoms with van der Waals surface area (Å²) in [5, 5.41) is 14.8. The second-order valence-corrected chi connectivity index (χ2v) is 6.00. The normalized spacial score (nSPS) is 10.8. The van der Waals surface area contributed by atoms with Gasteiger partial charge in [-0.25, -0.2) is 5.84 Å². The van der Waals surface area contributed by atoms with Gasteiger partial charge < -0.3 is 5.11 Å². The summed E-state index contributed by atoms with van der Waals surface area (Å²) in [6.45, 7) is 0. The van der Waals surface area contributed by atoms with Gasteiger partial charge in [0.1, 0.15) is 0 Å². The molecule has 1 amide bonds. The van der Waals surface area contributed by atoms with Gasteiger partial charge in [0.15, 0.2) is 0 Å². The molecule has 0 bridgehead atoms. The Morgan fingerprint density at radius 1 is 0.920 bits per heavy atom. The van der Waals surface area contributed by atoms with E-state index in [4.69, 9.17) is 10.9 Å². The molecule has 0 aromatic heterocycles. The zero-order valence-electron chi connectivity index (χ0n) is 14.3. The van der Waals surface area contributed by atoms with E-state index in [0.717, 1.165) is 20.0 Å². The fourth-order valence-electron chi connectivity index (χ4n) is 3.53. The Hall–Kier alpha value is -2.69. The highest BCUT2D eigenvalue weighted by Crippen LogP contribution is 2.36. The molecule has 0 saturated heterocycles. The fraction of sp³-hybridized carbons (Fsp3) is 0.190. The van der Waals surface area contributed by atoms with E-state index in [1.807, 2.05) is 0 Å². The molecule has 0 unspecified atom stereocenters. The molecular formula is C21H22N2O2. The zero-order valence-corrected chi connectivity index (χ0v) is 14.3. The smallest absolute Gasteiger partial charge is 0.233 e. The quantitative estimate of drug-likeness (QED) is 0.231. The molecule has 4 aromatic carbocycles. The summed E-state index contributed by atoms with van der Waals surface area (Å²) in [5.41, 5.74) is 3.48. The van der Waals surface area contributed by atoms with Crippen LogP contribution >= 0.6 is 0 Å². The lowest BCUT2D eigenvalue weighted by atomic mass is 9.90. The Morgan fingerprint density at radius 3 is 2.20 bits per heavy atom. The van der Waals surface area contributed by atoms with Gasteiger partial charge in [-0.05, 0) is 50.7 Å². The lowest BCUT2D eigenvalue weighted by Crippen LogP contribution is -2.29. The van der Waals surface area contributed by atoms with Crippen LogP contribution in [0.4, 0.5) is 0 Å². The molecule has 0 aliphatic heterocycles. The molecule has 0 spiro atoms. The van der Waals surface area contributed by atoms with E-state index in [1.165, 1.54) is 37.9 Å². The van der Waals surface area contributed by atoms with Gasteiger partial charge in [-0.15, -0.1) is 0 Å². The minimum absolute atomic E-state index is 0.109. The van der Waals surface area contributed by atoms with Crippen molar-refractivity contribution >= 4 is 38.2 Å². The highest BCUT2D eigenvalue weighted by atomic mass is 16.2. The minimum atomic E-state index is -0.109. The first kappa shape index (κ1) is 17.1. The van der Waals surface area contributed by atoms with Crippen LogP contribution in [-0.4, -0.2) is 18.1 Å². The Bertz CT molecular complexity index is 995. The summed E-state index contributed by atoms with van der Waals surface area (Å²) in [7, 11) is 1.00. The standard InChI is InChI=1S/C20H18N2O.CH4O/c21-22-18(23)6-2-3-13-7-8-16-10-9-14-4-1-5-15-11-12-17(13)20(16)19(14)15;1-2/h1,4-5,7-12H,2-3,6,21H2,(H,22,23);2H,1H3. The summed E-state index contributed by atoms with van der Waals surface area (Å²) in [4.78, 5) is 11.3. The van der Waals surface area contributed by atoms with Gasteiger partial charge >= 0.3 is 0 Å². The number of hydrogen-bond donors (Lipinski definition) is 3. The number of benzene rings is 4. The summed E-state index contributed by atoms with van der Waals surface area (Å²) in [5.74, 6) is 5.03. The molecule has 128 valence electrons. The van der Waals surface area contributed by atoms with E-state index >= 15 is 0 Å². The van der Waals surface area contributed by atoms with E-state index in [1.54, 1.807) is 0 Å². The average molecular weight is 334 g/mol.